The van der Waals surface area contributed by atoms with Crippen LogP contribution in [0, 0.1) is 10.8 Å². The van der Waals surface area contributed by atoms with Gasteiger partial charge in [-0.2, -0.15) is 0 Å². The topological polar surface area (TPSA) is 19.4 Å². The Morgan fingerprint density at radius 2 is 1.03 bits per heavy atom. The molecule has 0 aliphatic carbocycles. The second kappa shape index (κ2) is 8.26. The van der Waals surface area contributed by atoms with Crippen LogP contribution in [0.5, 0.6) is 0 Å². The third-order valence-electron chi connectivity index (χ3n) is 4.92. The Balaban J connectivity index is 2.89. The van der Waals surface area contributed by atoms with Gasteiger partial charge in [-0.05, 0) is 0 Å². The molecular weight excluding hydrogens is 582 g/mol. The van der Waals surface area contributed by atoms with E-state index >= 15 is 0 Å². The number of nitrogens with zero attached hydrogens (tertiary/aromatic N) is 3. The van der Waals surface area contributed by atoms with E-state index < -0.39 is 41.3 Å². The van der Waals surface area contributed by atoms with Crippen molar-refractivity contribution in [3.05, 3.63) is 41.0 Å². The van der Waals surface area contributed by atoms with Gasteiger partial charge in [0, 0.05) is 0 Å². The number of fused-ring (bicyclic) bond motifs is 2. The average Bonchev–Trinajstić information content (AvgIpc) is 2.48. The molecule has 1 aromatic heterocycles. The van der Waals surface area contributed by atoms with Gasteiger partial charge < -0.3 is 0 Å². The zero-order chi connectivity index (χ0) is 22.4. The Labute approximate surface area is 194 Å². The fourth-order valence-electron chi connectivity index (χ4n) is 3.37. The molecule has 0 unspecified atom stereocenters. The molecule has 0 fully saturated rings. The maximum absolute atomic E-state index is 5.04. The summed E-state index contributed by atoms with van der Waals surface area (Å²) in [5, 5.41) is 0. The summed E-state index contributed by atoms with van der Waals surface area (Å²) in [7, 11) is -3.12. The minimum absolute atomic E-state index is 0.0981. The molecule has 6 heteroatoms. The summed E-state index contributed by atoms with van der Waals surface area (Å²) in [4.78, 5) is 5.04. The molecule has 1 aliphatic rings. The molecule has 0 saturated carbocycles. The average molecular weight is 623 g/mol. The van der Waals surface area contributed by atoms with Gasteiger partial charge in [0.2, 0.25) is 0 Å². The van der Waals surface area contributed by atoms with Crippen LogP contribution in [0.3, 0.4) is 0 Å². The van der Waals surface area contributed by atoms with Gasteiger partial charge in [-0.1, -0.05) is 0 Å². The summed E-state index contributed by atoms with van der Waals surface area (Å²) in [6, 6.07) is 6.48. The number of hydrogen-bond acceptors (Lipinski definition) is 3. The molecule has 0 spiro atoms. The first-order valence-electron chi connectivity index (χ1n) is 10.7. The molecule has 0 aromatic carbocycles. The Morgan fingerprint density at radius 3 is 1.31 bits per heavy atom. The van der Waals surface area contributed by atoms with Gasteiger partial charge in [-0.3, -0.25) is 0 Å². The zero-order valence-corrected chi connectivity index (χ0v) is 26.6. The molecule has 0 atom stereocenters. The van der Waals surface area contributed by atoms with Crippen LogP contribution in [0.4, 0.5) is 0 Å². The van der Waals surface area contributed by atoms with Crippen molar-refractivity contribution in [1.29, 1.82) is 0 Å². The summed E-state index contributed by atoms with van der Waals surface area (Å²) in [6.45, 7) is 29.3. The van der Waals surface area contributed by atoms with Crippen molar-refractivity contribution < 1.29 is 0 Å². The third-order valence-corrected chi connectivity index (χ3v) is 28.9. The fourth-order valence-corrected chi connectivity index (χ4v) is 20.6. The predicted molar refractivity (Wildman–Crippen MR) is 135 cm³/mol. The van der Waals surface area contributed by atoms with E-state index in [9.17, 15) is 0 Å². The molecule has 0 saturated heterocycles. The van der Waals surface area contributed by atoms with Crippen LogP contribution in [0.15, 0.2) is 29.6 Å². The van der Waals surface area contributed by atoms with Gasteiger partial charge in [0.1, 0.15) is 0 Å². The van der Waals surface area contributed by atoms with Crippen LogP contribution < -0.4 is 0 Å². The number of rotatable bonds is 2. The van der Waals surface area contributed by atoms with Crippen molar-refractivity contribution in [1.82, 2.24) is 9.73 Å². The van der Waals surface area contributed by atoms with E-state index in [-0.39, 0.29) is 10.8 Å². The van der Waals surface area contributed by atoms with E-state index in [4.69, 9.17) is 4.98 Å². The van der Waals surface area contributed by atoms with Crippen molar-refractivity contribution in [3.8, 4) is 0 Å². The minimum atomic E-state index is -1.56. The monoisotopic (exact) mass is 623 g/mol. The summed E-state index contributed by atoms with van der Waals surface area (Å²) in [5.41, 5.74) is 5.35. The Kier molecular flexibility index (Phi) is 7.08. The fraction of sp³-hybridized carbons (Fsp3) is 0.609. The maximum atomic E-state index is 5.04. The van der Waals surface area contributed by atoms with Crippen molar-refractivity contribution in [2.24, 2.45) is 10.8 Å². The molecule has 160 valence electrons. The van der Waals surface area contributed by atoms with E-state index in [0.29, 0.717) is 0 Å². The predicted octanol–water partition coefficient (Wildman–Crippen LogP) is 6.68. The van der Waals surface area contributed by atoms with Gasteiger partial charge in [0.05, 0.1) is 0 Å². The van der Waals surface area contributed by atoms with Crippen LogP contribution in [0.1, 0.15) is 52.9 Å². The van der Waals surface area contributed by atoms with E-state index in [0.717, 1.165) is 11.4 Å². The number of allylic oxidation sites excluding steroid dienone is 2. The second-order valence-electron chi connectivity index (χ2n) is 12.2. The molecule has 0 N–H and O–H groups in total. The summed E-state index contributed by atoms with van der Waals surface area (Å²) >= 11 is -1.37. The summed E-state index contributed by atoms with van der Waals surface area (Å²) in [5.74, 6) is 0. The van der Waals surface area contributed by atoms with Crippen LogP contribution in [-0.2, 0) is 0 Å². The third kappa shape index (κ3) is 6.29. The van der Waals surface area contributed by atoms with E-state index in [1.807, 2.05) is 0 Å². The molecule has 2 heterocycles. The number of aromatic nitrogens is 1. The van der Waals surface area contributed by atoms with E-state index in [1.165, 1.54) is 11.4 Å². The first kappa shape index (κ1) is 24.9. The molecule has 0 amide bonds. The van der Waals surface area contributed by atoms with E-state index in [2.05, 4.69) is 116 Å². The van der Waals surface area contributed by atoms with Gasteiger partial charge in [0.25, 0.3) is 0 Å². The normalized spacial score (nSPS) is 20.7. The standard InChI is InChI=1S/C23H41N3Si2.Pb/c1-22(2,3)20(25-27(7,8)9)16-18-14-13-15-19(24-18)17-21(23(4,5)6)26-28(10,11)12;/h13-17H,1-12H3;/q-2;+2/b20-16-,21-17-;. The zero-order valence-electron chi connectivity index (χ0n) is 20.7. The Morgan fingerprint density at radius 1 is 0.690 bits per heavy atom. The van der Waals surface area contributed by atoms with Gasteiger partial charge in [0.15, 0.2) is 0 Å². The summed E-state index contributed by atoms with van der Waals surface area (Å²) in [6.07, 6.45) is 4.76. The number of hydrogen-bond donors (Lipinski definition) is 0. The van der Waals surface area contributed by atoms with Crippen molar-refractivity contribution in [3.63, 3.8) is 0 Å². The first-order chi connectivity index (χ1) is 12.9. The molecule has 2 rings (SSSR count). The molecule has 2 radical (unpaired) electrons. The molecule has 1 aliphatic heterocycles. The van der Waals surface area contributed by atoms with Crippen LogP contribution in [0.2, 0.25) is 39.3 Å². The Hall–Kier alpha value is -0.414. The van der Waals surface area contributed by atoms with Crippen LogP contribution in [0.25, 0.3) is 12.2 Å². The van der Waals surface area contributed by atoms with Gasteiger partial charge in [-0.15, -0.1) is 0 Å². The number of pyridine rings is 1. The molecule has 1 aromatic rings. The molecule has 2 bridgehead atoms. The van der Waals surface area contributed by atoms with Crippen molar-refractivity contribution in [2.75, 3.05) is 0 Å². The Bertz CT molecular complexity index is 740. The van der Waals surface area contributed by atoms with Crippen LogP contribution in [-0.4, -0.2) is 51.0 Å². The summed E-state index contributed by atoms with van der Waals surface area (Å²) < 4.78 is 5.87. The van der Waals surface area contributed by atoms with Crippen molar-refractivity contribution >= 4 is 53.5 Å². The second-order valence-corrected chi connectivity index (χ2v) is 29.5. The quantitative estimate of drug-likeness (QED) is 0.343. The molecule has 29 heavy (non-hydrogen) atoms. The van der Waals surface area contributed by atoms with Gasteiger partial charge >= 0.3 is 196 Å². The molecule has 3 nitrogen and oxygen atoms in total. The SMILES string of the molecule is CC(C)(C)/C1=C/c2cccc(n2)/C=C(/C(C)(C)C)[N]([Si](C)(C)C)[Pb][N]1[Si](C)(C)C. The van der Waals surface area contributed by atoms with Crippen LogP contribution >= 0.6 is 0 Å². The molecular formula is C23H41N3PbSi2. The first-order valence-corrected chi connectivity index (χ1v) is 21.1. The van der Waals surface area contributed by atoms with E-state index in [1.54, 1.807) is 0 Å². The van der Waals surface area contributed by atoms with Gasteiger partial charge in [-0.25, -0.2) is 0 Å². The van der Waals surface area contributed by atoms with Crippen molar-refractivity contribution in [2.45, 2.75) is 80.8 Å².